The first-order chi connectivity index (χ1) is 13.8. The van der Waals surface area contributed by atoms with Crippen LogP contribution in [-0.4, -0.2) is 19.1 Å². The van der Waals surface area contributed by atoms with E-state index in [1.165, 1.54) is 45.3 Å². The van der Waals surface area contributed by atoms with E-state index in [0.717, 1.165) is 24.5 Å². The highest BCUT2D eigenvalue weighted by molar-refractivity contribution is 8.01. The maximum Gasteiger partial charge on any atom is 0.0563 e. The zero-order valence-corrected chi connectivity index (χ0v) is 17.3. The SMILES string of the molecule is Clc1ccc(C2=CCNC(CCCN3Sc4cccc5cccc3c45)C2)cc1. The summed E-state index contributed by atoms with van der Waals surface area (Å²) < 4.78 is 2.47. The van der Waals surface area contributed by atoms with Crippen LogP contribution < -0.4 is 9.62 Å². The zero-order chi connectivity index (χ0) is 18.9. The zero-order valence-electron chi connectivity index (χ0n) is 15.7. The lowest BCUT2D eigenvalue weighted by Crippen LogP contribution is -2.33. The van der Waals surface area contributed by atoms with Gasteiger partial charge in [-0.2, -0.15) is 0 Å². The molecule has 28 heavy (non-hydrogen) atoms. The van der Waals surface area contributed by atoms with Crippen molar-refractivity contribution in [3.8, 4) is 0 Å². The van der Waals surface area contributed by atoms with E-state index in [9.17, 15) is 0 Å². The van der Waals surface area contributed by atoms with Gasteiger partial charge in [0.15, 0.2) is 0 Å². The molecule has 0 aromatic heterocycles. The van der Waals surface area contributed by atoms with E-state index in [0.29, 0.717) is 6.04 Å². The van der Waals surface area contributed by atoms with Crippen molar-refractivity contribution >= 4 is 45.6 Å². The van der Waals surface area contributed by atoms with Gasteiger partial charge in [0.25, 0.3) is 0 Å². The third kappa shape index (κ3) is 3.55. The van der Waals surface area contributed by atoms with Crippen molar-refractivity contribution in [3.63, 3.8) is 0 Å². The molecular weight excluding hydrogens is 384 g/mol. The smallest absolute Gasteiger partial charge is 0.0563 e. The Kier molecular flexibility index (Phi) is 5.06. The molecule has 2 aliphatic rings. The average molecular weight is 407 g/mol. The third-order valence-corrected chi connectivity index (χ3v) is 7.06. The normalized spacial score (nSPS) is 18.5. The summed E-state index contributed by atoms with van der Waals surface area (Å²) in [5.41, 5.74) is 4.11. The number of hydrogen-bond acceptors (Lipinski definition) is 3. The quantitative estimate of drug-likeness (QED) is 0.484. The van der Waals surface area contributed by atoms with Gasteiger partial charge in [-0.05, 0) is 72.0 Å². The molecule has 3 aromatic rings. The molecule has 0 fully saturated rings. The fourth-order valence-corrected chi connectivity index (χ4v) is 5.55. The molecule has 4 heteroatoms. The van der Waals surface area contributed by atoms with Crippen LogP contribution in [0.25, 0.3) is 16.3 Å². The lowest BCUT2D eigenvalue weighted by atomic mass is 9.93. The van der Waals surface area contributed by atoms with Crippen molar-refractivity contribution in [3.05, 3.63) is 77.3 Å². The molecule has 3 aromatic carbocycles. The Labute approximate surface area is 175 Å². The minimum atomic E-state index is 0.543. The van der Waals surface area contributed by atoms with Crippen LogP contribution in [0.2, 0.25) is 5.02 Å². The summed E-state index contributed by atoms with van der Waals surface area (Å²) in [4.78, 5) is 1.39. The number of nitrogens with one attached hydrogen (secondary N) is 1. The minimum absolute atomic E-state index is 0.543. The summed E-state index contributed by atoms with van der Waals surface area (Å²) in [6.45, 7) is 2.03. The molecule has 2 heterocycles. The van der Waals surface area contributed by atoms with Crippen molar-refractivity contribution in [2.75, 3.05) is 17.4 Å². The Morgan fingerprint density at radius 3 is 2.71 bits per heavy atom. The maximum atomic E-state index is 6.03. The molecule has 0 spiro atoms. The second-order valence-corrected chi connectivity index (χ2v) is 9.01. The number of anilines is 1. The standard InChI is InChI=1S/C24H23ClN2S/c25-20-11-9-17(10-12-20)19-13-14-26-21(16-19)6-3-15-27-22-7-1-4-18-5-2-8-23(28-27)24(18)22/h1-2,4-5,7-13,21,26H,3,6,14-16H2. The predicted octanol–water partition coefficient (Wildman–Crippen LogP) is 6.55. The summed E-state index contributed by atoms with van der Waals surface area (Å²) in [6, 6.07) is 22.0. The van der Waals surface area contributed by atoms with Gasteiger partial charge in [-0.3, -0.25) is 0 Å². The lowest BCUT2D eigenvalue weighted by molar-refractivity contribution is 0.489. The molecule has 0 saturated carbocycles. The Morgan fingerprint density at radius 1 is 1.04 bits per heavy atom. The Bertz CT molecular complexity index is 1020. The van der Waals surface area contributed by atoms with Gasteiger partial charge in [0, 0.05) is 34.4 Å². The topological polar surface area (TPSA) is 15.3 Å². The van der Waals surface area contributed by atoms with Crippen LogP contribution in [0.4, 0.5) is 5.69 Å². The fraction of sp³-hybridized carbons (Fsp3) is 0.250. The van der Waals surface area contributed by atoms with Crippen molar-refractivity contribution < 1.29 is 0 Å². The first kappa shape index (κ1) is 18.1. The highest BCUT2D eigenvalue weighted by Gasteiger charge is 2.22. The van der Waals surface area contributed by atoms with Gasteiger partial charge in [-0.25, -0.2) is 0 Å². The summed E-state index contributed by atoms with van der Waals surface area (Å²) in [5.74, 6) is 0. The van der Waals surface area contributed by atoms with Gasteiger partial charge in [0.2, 0.25) is 0 Å². The van der Waals surface area contributed by atoms with E-state index in [4.69, 9.17) is 11.6 Å². The van der Waals surface area contributed by atoms with Crippen LogP contribution in [0.15, 0.2) is 71.6 Å². The number of nitrogens with zero attached hydrogens (tertiary/aromatic N) is 1. The number of halogens is 1. The van der Waals surface area contributed by atoms with Gasteiger partial charge < -0.3 is 9.62 Å². The predicted molar refractivity (Wildman–Crippen MR) is 122 cm³/mol. The van der Waals surface area contributed by atoms with Crippen LogP contribution in [0.5, 0.6) is 0 Å². The Morgan fingerprint density at radius 2 is 1.86 bits per heavy atom. The number of rotatable bonds is 5. The molecule has 0 saturated heterocycles. The van der Waals surface area contributed by atoms with Crippen LogP contribution in [-0.2, 0) is 0 Å². The number of benzene rings is 3. The molecule has 0 bridgehead atoms. The maximum absolute atomic E-state index is 6.03. The second kappa shape index (κ2) is 7.82. The molecule has 1 unspecified atom stereocenters. The first-order valence-electron chi connectivity index (χ1n) is 9.93. The first-order valence-corrected chi connectivity index (χ1v) is 11.1. The largest absolute Gasteiger partial charge is 0.311 e. The molecule has 1 atom stereocenters. The van der Waals surface area contributed by atoms with Crippen molar-refractivity contribution in [1.29, 1.82) is 0 Å². The fourth-order valence-electron chi connectivity index (χ4n) is 4.26. The summed E-state index contributed by atoms with van der Waals surface area (Å²) in [6.07, 6.45) is 5.77. The average Bonchev–Trinajstić information content (AvgIpc) is 3.09. The molecule has 2 nitrogen and oxygen atoms in total. The van der Waals surface area contributed by atoms with Crippen LogP contribution >= 0.6 is 23.5 Å². The van der Waals surface area contributed by atoms with E-state index in [2.05, 4.69) is 64.2 Å². The van der Waals surface area contributed by atoms with Crippen LogP contribution in [0.3, 0.4) is 0 Å². The molecule has 0 amide bonds. The van der Waals surface area contributed by atoms with E-state index in [1.54, 1.807) is 0 Å². The molecule has 0 radical (unpaired) electrons. The highest BCUT2D eigenvalue weighted by atomic mass is 35.5. The highest BCUT2D eigenvalue weighted by Crippen LogP contribution is 2.46. The molecule has 5 rings (SSSR count). The van der Waals surface area contributed by atoms with Crippen LogP contribution in [0.1, 0.15) is 24.8 Å². The molecule has 1 N–H and O–H groups in total. The number of hydrogen-bond donors (Lipinski definition) is 1. The van der Waals surface area contributed by atoms with Crippen molar-refractivity contribution in [2.45, 2.75) is 30.2 Å². The van der Waals surface area contributed by atoms with E-state index in [-0.39, 0.29) is 0 Å². The minimum Gasteiger partial charge on any atom is -0.311 e. The Balaban J connectivity index is 1.20. The summed E-state index contributed by atoms with van der Waals surface area (Å²) in [7, 11) is 0. The third-order valence-electron chi connectivity index (χ3n) is 5.67. The lowest BCUT2D eigenvalue weighted by Gasteiger charge is -2.26. The van der Waals surface area contributed by atoms with Crippen molar-refractivity contribution in [1.82, 2.24) is 5.32 Å². The molecule has 0 aliphatic carbocycles. The van der Waals surface area contributed by atoms with Gasteiger partial charge in [-0.1, -0.05) is 54.1 Å². The van der Waals surface area contributed by atoms with E-state index >= 15 is 0 Å². The molecular formula is C24H23ClN2S. The monoisotopic (exact) mass is 406 g/mol. The Hall–Kier alpha value is -1.94. The van der Waals surface area contributed by atoms with Gasteiger partial charge in [0.05, 0.1) is 5.69 Å². The molecule has 2 aliphatic heterocycles. The van der Waals surface area contributed by atoms with E-state index in [1.807, 2.05) is 24.1 Å². The second-order valence-electron chi connectivity index (χ2n) is 7.51. The van der Waals surface area contributed by atoms with Crippen LogP contribution in [0, 0.1) is 0 Å². The van der Waals surface area contributed by atoms with Crippen molar-refractivity contribution in [2.24, 2.45) is 0 Å². The molecule has 142 valence electrons. The van der Waals surface area contributed by atoms with Gasteiger partial charge in [-0.15, -0.1) is 0 Å². The van der Waals surface area contributed by atoms with E-state index < -0.39 is 0 Å². The van der Waals surface area contributed by atoms with Gasteiger partial charge in [0.1, 0.15) is 0 Å². The summed E-state index contributed by atoms with van der Waals surface area (Å²) in [5, 5.41) is 7.22. The van der Waals surface area contributed by atoms with Gasteiger partial charge >= 0.3 is 0 Å². The summed E-state index contributed by atoms with van der Waals surface area (Å²) >= 11 is 7.92.